The highest BCUT2D eigenvalue weighted by molar-refractivity contribution is 5.89. The fraction of sp³-hybridized carbons (Fsp3) is 0.417. The van der Waals surface area contributed by atoms with Crippen molar-refractivity contribution in [1.82, 2.24) is 0 Å². The van der Waals surface area contributed by atoms with Crippen LogP contribution in [0.1, 0.15) is 10.4 Å². The Kier molecular flexibility index (Phi) is 3.93. The van der Waals surface area contributed by atoms with Crippen LogP contribution in [0.15, 0.2) is 30.3 Å². The van der Waals surface area contributed by atoms with E-state index in [0.29, 0.717) is 5.56 Å². The lowest BCUT2D eigenvalue weighted by atomic mass is 10.2. The number of carbonyl (C=O) groups excluding carboxylic acids is 1. The van der Waals surface area contributed by atoms with Gasteiger partial charge in [-0.15, -0.1) is 0 Å². The van der Waals surface area contributed by atoms with Gasteiger partial charge in [-0.2, -0.15) is 0 Å². The minimum Gasteiger partial charge on any atom is -0.457 e. The molecule has 1 aromatic rings. The van der Waals surface area contributed by atoms with Crippen molar-refractivity contribution < 1.29 is 29.2 Å². The van der Waals surface area contributed by atoms with E-state index in [9.17, 15) is 4.79 Å². The zero-order chi connectivity index (χ0) is 13.0. The quantitative estimate of drug-likeness (QED) is 0.578. The second kappa shape index (κ2) is 5.45. The highest BCUT2D eigenvalue weighted by Gasteiger charge is 2.33. The molecule has 2 rings (SSSR count). The summed E-state index contributed by atoms with van der Waals surface area (Å²) in [6.07, 6.45) is -0.773. The number of hydrogen-bond donors (Lipinski definition) is 2. The average Bonchev–Trinajstić information content (AvgIpc) is 2.38. The van der Waals surface area contributed by atoms with Crippen molar-refractivity contribution in [2.24, 2.45) is 0 Å². The summed E-state index contributed by atoms with van der Waals surface area (Å²) in [5.41, 5.74) is 0.437. The Labute approximate surface area is 104 Å². The van der Waals surface area contributed by atoms with Crippen molar-refractivity contribution >= 4 is 5.97 Å². The summed E-state index contributed by atoms with van der Waals surface area (Å²) in [7, 11) is 0. The molecule has 1 aromatic carbocycles. The molecule has 6 nitrogen and oxygen atoms in total. The molecule has 1 saturated heterocycles. The first-order valence-electron chi connectivity index (χ1n) is 5.47. The second-order valence-electron chi connectivity index (χ2n) is 4.00. The van der Waals surface area contributed by atoms with Crippen LogP contribution in [0.5, 0.6) is 0 Å². The van der Waals surface area contributed by atoms with Gasteiger partial charge in [0.25, 0.3) is 0 Å². The molecule has 0 amide bonds. The topological polar surface area (TPSA) is 85.2 Å². The Morgan fingerprint density at radius 3 is 2.50 bits per heavy atom. The van der Waals surface area contributed by atoms with E-state index in [1.54, 1.807) is 30.3 Å². The van der Waals surface area contributed by atoms with Crippen molar-refractivity contribution in [3.8, 4) is 0 Å². The van der Waals surface area contributed by atoms with Gasteiger partial charge in [0.1, 0.15) is 19.8 Å². The lowest BCUT2D eigenvalue weighted by molar-refractivity contribution is -0.324. The van der Waals surface area contributed by atoms with E-state index in [1.165, 1.54) is 0 Å². The third kappa shape index (κ3) is 3.51. The summed E-state index contributed by atoms with van der Waals surface area (Å²) >= 11 is 0. The first-order valence-corrected chi connectivity index (χ1v) is 5.47. The van der Waals surface area contributed by atoms with Crippen molar-refractivity contribution in [3.05, 3.63) is 35.9 Å². The van der Waals surface area contributed by atoms with Crippen LogP contribution < -0.4 is 0 Å². The largest absolute Gasteiger partial charge is 0.457 e. The number of aliphatic hydroxyl groups is 2. The Bertz CT molecular complexity index is 392. The summed E-state index contributed by atoms with van der Waals surface area (Å²) in [6, 6.07) is 8.53. The fourth-order valence-electron chi connectivity index (χ4n) is 1.44. The van der Waals surface area contributed by atoms with Crippen LogP contribution in [0.3, 0.4) is 0 Å². The minimum absolute atomic E-state index is 0.0934. The maximum atomic E-state index is 11.6. The van der Waals surface area contributed by atoms with Gasteiger partial charge in [-0.25, -0.2) is 4.79 Å². The molecule has 6 heteroatoms. The van der Waals surface area contributed by atoms with E-state index in [1.807, 2.05) is 0 Å². The van der Waals surface area contributed by atoms with Crippen molar-refractivity contribution in [3.63, 3.8) is 0 Å². The maximum absolute atomic E-state index is 11.6. The molecule has 1 aliphatic heterocycles. The van der Waals surface area contributed by atoms with Crippen LogP contribution in [0.4, 0.5) is 0 Å². The zero-order valence-corrected chi connectivity index (χ0v) is 9.61. The maximum Gasteiger partial charge on any atom is 0.338 e. The van der Waals surface area contributed by atoms with Crippen LogP contribution in [-0.2, 0) is 14.2 Å². The molecule has 0 atom stereocenters. The number of carbonyl (C=O) groups is 1. The number of hydrogen-bond acceptors (Lipinski definition) is 6. The molecule has 1 aliphatic rings. The monoisotopic (exact) mass is 254 g/mol. The van der Waals surface area contributed by atoms with Gasteiger partial charge in [0, 0.05) is 0 Å². The predicted molar refractivity (Wildman–Crippen MR) is 59.6 cm³/mol. The van der Waals surface area contributed by atoms with Crippen LogP contribution in [-0.4, -0.2) is 48.1 Å². The highest BCUT2D eigenvalue weighted by atomic mass is 16.7. The van der Waals surface area contributed by atoms with Crippen molar-refractivity contribution in [1.29, 1.82) is 0 Å². The molecule has 0 spiro atoms. The Balaban J connectivity index is 1.78. The average molecular weight is 254 g/mol. The number of ether oxygens (including phenoxy) is 3. The first-order chi connectivity index (χ1) is 8.57. The predicted octanol–water partition coefficient (Wildman–Crippen LogP) is -0.103. The molecule has 0 aromatic heterocycles. The molecule has 1 heterocycles. The number of benzene rings is 1. The zero-order valence-electron chi connectivity index (χ0n) is 9.61. The number of rotatable bonds is 3. The SMILES string of the molecule is O=C(OCC1OCC(O)(O)CO1)c1ccccc1. The van der Waals surface area contributed by atoms with Gasteiger partial charge in [-0.3, -0.25) is 0 Å². The van der Waals surface area contributed by atoms with Crippen molar-refractivity contribution in [2.45, 2.75) is 12.1 Å². The third-order valence-electron chi connectivity index (χ3n) is 2.36. The Hall–Kier alpha value is -1.47. The van der Waals surface area contributed by atoms with E-state index in [2.05, 4.69) is 0 Å². The summed E-state index contributed by atoms with van der Waals surface area (Å²) in [6.45, 7) is -0.648. The molecular formula is C12H14O6. The van der Waals surface area contributed by atoms with E-state index < -0.39 is 18.0 Å². The lowest BCUT2D eigenvalue weighted by Gasteiger charge is -2.31. The summed E-state index contributed by atoms with van der Waals surface area (Å²) in [4.78, 5) is 11.6. The molecule has 0 saturated carbocycles. The molecule has 0 unspecified atom stereocenters. The van der Waals surface area contributed by atoms with Crippen molar-refractivity contribution in [2.75, 3.05) is 19.8 Å². The molecule has 0 radical (unpaired) electrons. The van der Waals surface area contributed by atoms with E-state index in [0.717, 1.165) is 0 Å². The molecular weight excluding hydrogens is 240 g/mol. The van der Waals surface area contributed by atoms with E-state index in [4.69, 9.17) is 24.4 Å². The normalized spacial score (nSPS) is 19.4. The molecule has 2 N–H and O–H groups in total. The highest BCUT2D eigenvalue weighted by Crippen LogP contribution is 2.13. The summed E-state index contributed by atoms with van der Waals surface area (Å²) in [5, 5.41) is 18.3. The van der Waals surface area contributed by atoms with Crippen LogP contribution in [0.25, 0.3) is 0 Å². The first kappa shape index (κ1) is 13.0. The molecule has 1 fully saturated rings. The van der Waals surface area contributed by atoms with Gasteiger partial charge in [0.15, 0.2) is 6.29 Å². The molecule has 18 heavy (non-hydrogen) atoms. The van der Waals surface area contributed by atoms with Crippen LogP contribution >= 0.6 is 0 Å². The van der Waals surface area contributed by atoms with Gasteiger partial charge in [0.05, 0.1) is 5.56 Å². The van der Waals surface area contributed by atoms with Crippen LogP contribution in [0.2, 0.25) is 0 Å². The van der Waals surface area contributed by atoms with Gasteiger partial charge in [-0.1, -0.05) is 18.2 Å². The standard InChI is InChI=1S/C12H14O6/c13-11(9-4-2-1-3-5-9)16-6-10-17-7-12(14,15)8-18-10/h1-5,10,14-15H,6-8H2. The number of esters is 1. The van der Waals surface area contributed by atoms with E-state index >= 15 is 0 Å². The van der Waals surface area contributed by atoms with Gasteiger partial charge < -0.3 is 24.4 Å². The summed E-state index contributed by atoms with van der Waals surface area (Å²) in [5.74, 6) is -2.45. The Morgan fingerprint density at radius 2 is 1.89 bits per heavy atom. The minimum atomic E-state index is -1.97. The summed E-state index contributed by atoms with van der Waals surface area (Å²) < 4.78 is 14.9. The third-order valence-corrected chi connectivity index (χ3v) is 2.36. The Morgan fingerprint density at radius 1 is 1.28 bits per heavy atom. The smallest absolute Gasteiger partial charge is 0.338 e. The second-order valence-corrected chi connectivity index (χ2v) is 4.00. The molecule has 98 valence electrons. The van der Waals surface area contributed by atoms with Gasteiger partial charge in [-0.05, 0) is 12.1 Å². The van der Waals surface area contributed by atoms with Gasteiger partial charge >= 0.3 is 5.97 Å². The molecule has 0 aliphatic carbocycles. The van der Waals surface area contributed by atoms with E-state index in [-0.39, 0.29) is 19.8 Å². The fourth-order valence-corrected chi connectivity index (χ4v) is 1.44. The lowest BCUT2D eigenvalue weighted by Crippen LogP contribution is -2.48. The van der Waals surface area contributed by atoms with Gasteiger partial charge in [0.2, 0.25) is 5.79 Å². The van der Waals surface area contributed by atoms with Crippen LogP contribution in [0, 0.1) is 0 Å². The molecule has 0 bridgehead atoms.